The molecule has 0 radical (unpaired) electrons. The number of nitrogens with zero attached hydrogens (tertiary/aromatic N) is 1. The first-order chi connectivity index (χ1) is 10.9. The topological polar surface area (TPSA) is 39.6 Å². The number of nitrogens with one attached hydrogen (secondary N) is 1. The fourth-order valence-corrected chi connectivity index (χ4v) is 3.28. The van der Waals surface area contributed by atoms with E-state index in [4.69, 9.17) is 5.26 Å². The van der Waals surface area contributed by atoms with Crippen LogP contribution >= 0.6 is 11.8 Å². The highest BCUT2D eigenvalue weighted by molar-refractivity contribution is 7.99. The number of fused-ring (bicyclic) bond motifs is 1. The van der Waals surface area contributed by atoms with E-state index in [2.05, 4.69) is 11.1 Å². The Kier molecular flexibility index (Phi) is 3.82. The van der Waals surface area contributed by atoms with E-state index in [1.807, 2.05) is 19.1 Å². The second-order valence-corrected chi connectivity index (χ2v) is 6.20. The van der Waals surface area contributed by atoms with Gasteiger partial charge in [0.05, 0.1) is 16.6 Å². The second kappa shape index (κ2) is 5.67. The van der Waals surface area contributed by atoms with Crippen LogP contribution in [0.3, 0.4) is 0 Å². The fraction of sp³-hybridized carbons (Fsp3) is 0.118. The van der Waals surface area contributed by atoms with Gasteiger partial charge in [0.15, 0.2) is 0 Å². The van der Waals surface area contributed by atoms with Crippen molar-refractivity contribution < 1.29 is 13.2 Å². The summed E-state index contributed by atoms with van der Waals surface area (Å²) < 4.78 is 37.8. The minimum atomic E-state index is -4.33. The number of aromatic nitrogens is 1. The second-order valence-electron chi connectivity index (χ2n) is 5.09. The average molecular weight is 332 g/mol. The number of aryl methyl sites for hydroxylation is 1. The molecule has 0 unspecified atom stereocenters. The number of nitriles is 1. The minimum absolute atomic E-state index is 0.546. The van der Waals surface area contributed by atoms with E-state index in [0.717, 1.165) is 33.6 Å². The summed E-state index contributed by atoms with van der Waals surface area (Å²) in [5.41, 5.74) is 1.56. The number of hydrogen-bond donors (Lipinski definition) is 1. The zero-order chi connectivity index (χ0) is 16.6. The molecule has 116 valence electrons. The Morgan fingerprint density at radius 2 is 1.78 bits per heavy atom. The van der Waals surface area contributed by atoms with Crippen molar-refractivity contribution >= 4 is 22.7 Å². The summed E-state index contributed by atoms with van der Waals surface area (Å²) in [6, 6.07) is 12.7. The minimum Gasteiger partial charge on any atom is -0.358 e. The molecular weight excluding hydrogens is 321 g/mol. The van der Waals surface area contributed by atoms with E-state index < -0.39 is 11.7 Å². The summed E-state index contributed by atoms with van der Waals surface area (Å²) in [7, 11) is 0. The highest BCUT2D eigenvalue weighted by Gasteiger charge is 2.29. The molecule has 3 rings (SSSR count). The van der Waals surface area contributed by atoms with Crippen molar-refractivity contribution in [1.82, 2.24) is 4.98 Å². The van der Waals surface area contributed by atoms with E-state index >= 15 is 0 Å². The maximum Gasteiger partial charge on any atom is 0.416 e. The Morgan fingerprint density at radius 3 is 2.39 bits per heavy atom. The molecule has 6 heteroatoms. The Bertz CT molecular complexity index is 902. The van der Waals surface area contributed by atoms with Gasteiger partial charge < -0.3 is 4.98 Å². The normalized spacial score (nSPS) is 11.6. The zero-order valence-corrected chi connectivity index (χ0v) is 12.8. The van der Waals surface area contributed by atoms with Gasteiger partial charge in [-0.1, -0.05) is 11.8 Å². The van der Waals surface area contributed by atoms with Gasteiger partial charge in [0.2, 0.25) is 0 Å². The largest absolute Gasteiger partial charge is 0.416 e. The Labute approximate surface area is 134 Å². The third-order valence-electron chi connectivity index (χ3n) is 3.42. The number of halogens is 3. The Morgan fingerprint density at radius 1 is 1.09 bits per heavy atom. The molecule has 1 aromatic heterocycles. The quantitative estimate of drug-likeness (QED) is 0.671. The molecule has 2 aromatic carbocycles. The molecule has 0 bridgehead atoms. The zero-order valence-electron chi connectivity index (χ0n) is 12.0. The van der Waals surface area contributed by atoms with Gasteiger partial charge in [0, 0.05) is 20.9 Å². The summed E-state index contributed by atoms with van der Waals surface area (Å²) in [6.45, 7) is 1.90. The van der Waals surface area contributed by atoms with Crippen LogP contribution in [0.2, 0.25) is 0 Å². The van der Waals surface area contributed by atoms with Crippen LogP contribution in [0.5, 0.6) is 0 Å². The molecule has 0 aliphatic heterocycles. The summed E-state index contributed by atoms with van der Waals surface area (Å²) in [5, 5.41) is 10.0. The van der Waals surface area contributed by atoms with E-state index in [9.17, 15) is 13.2 Å². The van der Waals surface area contributed by atoms with E-state index in [-0.39, 0.29) is 0 Å². The van der Waals surface area contributed by atoms with Crippen LogP contribution in [0.4, 0.5) is 13.2 Å². The number of H-pyrrole nitrogens is 1. The number of alkyl halides is 3. The van der Waals surface area contributed by atoms with Gasteiger partial charge in [-0.3, -0.25) is 0 Å². The molecule has 1 N–H and O–H groups in total. The van der Waals surface area contributed by atoms with Gasteiger partial charge in [0.1, 0.15) is 6.07 Å². The Balaban J connectivity index is 1.98. The van der Waals surface area contributed by atoms with Crippen LogP contribution in [0.25, 0.3) is 10.9 Å². The van der Waals surface area contributed by atoms with Gasteiger partial charge in [-0.15, -0.1) is 0 Å². The summed E-state index contributed by atoms with van der Waals surface area (Å²) in [6.07, 6.45) is -4.33. The van der Waals surface area contributed by atoms with Gasteiger partial charge >= 0.3 is 6.18 Å². The molecule has 0 aliphatic carbocycles. The highest BCUT2D eigenvalue weighted by atomic mass is 32.2. The fourth-order valence-electron chi connectivity index (χ4n) is 2.35. The summed E-state index contributed by atoms with van der Waals surface area (Å²) in [4.78, 5) is 4.75. The number of hydrogen-bond acceptors (Lipinski definition) is 2. The number of benzene rings is 2. The van der Waals surface area contributed by atoms with Crippen LogP contribution in [-0.4, -0.2) is 4.98 Å². The third-order valence-corrected chi connectivity index (χ3v) is 4.50. The maximum atomic E-state index is 12.6. The van der Waals surface area contributed by atoms with E-state index in [1.165, 1.54) is 23.9 Å². The molecule has 0 spiro atoms. The van der Waals surface area contributed by atoms with Crippen molar-refractivity contribution in [2.75, 3.05) is 0 Å². The molecule has 0 saturated heterocycles. The molecule has 3 aromatic rings. The summed E-state index contributed by atoms with van der Waals surface area (Å²) in [5.74, 6) is 0. The van der Waals surface area contributed by atoms with Crippen molar-refractivity contribution in [1.29, 1.82) is 5.26 Å². The lowest BCUT2D eigenvalue weighted by Crippen LogP contribution is -2.03. The van der Waals surface area contributed by atoms with Gasteiger partial charge in [-0.2, -0.15) is 18.4 Å². The predicted molar refractivity (Wildman–Crippen MR) is 83.3 cm³/mol. The smallest absolute Gasteiger partial charge is 0.358 e. The molecule has 0 amide bonds. The lowest BCUT2D eigenvalue weighted by atomic mass is 10.1. The van der Waals surface area contributed by atoms with Crippen molar-refractivity contribution in [2.45, 2.75) is 22.9 Å². The SMILES string of the molecule is Cc1cc2c(Sc3ccc(C(F)(F)F)cc3)ccc(C#N)c2[nH]1. The Hall–Kier alpha value is -2.39. The van der Waals surface area contributed by atoms with Crippen molar-refractivity contribution in [2.24, 2.45) is 0 Å². The van der Waals surface area contributed by atoms with Crippen molar-refractivity contribution in [3.8, 4) is 6.07 Å². The van der Waals surface area contributed by atoms with Crippen LogP contribution in [-0.2, 0) is 6.18 Å². The van der Waals surface area contributed by atoms with E-state index in [0.29, 0.717) is 10.5 Å². The van der Waals surface area contributed by atoms with Crippen molar-refractivity contribution in [3.63, 3.8) is 0 Å². The van der Waals surface area contributed by atoms with E-state index in [1.54, 1.807) is 6.07 Å². The monoisotopic (exact) mass is 332 g/mol. The first kappa shape index (κ1) is 15.5. The van der Waals surface area contributed by atoms with Gasteiger partial charge in [-0.25, -0.2) is 0 Å². The molecule has 0 aliphatic rings. The standard InChI is InChI=1S/C17H11F3N2S/c1-10-8-14-15(7-2-11(9-21)16(14)22-10)23-13-5-3-12(4-6-13)17(18,19)20/h2-8,22H,1H3. The molecule has 2 nitrogen and oxygen atoms in total. The summed E-state index contributed by atoms with van der Waals surface area (Å²) >= 11 is 1.37. The lowest BCUT2D eigenvalue weighted by Gasteiger charge is -2.08. The van der Waals surface area contributed by atoms with Crippen LogP contribution < -0.4 is 0 Å². The molecule has 0 atom stereocenters. The molecule has 23 heavy (non-hydrogen) atoms. The molecule has 0 saturated carbocycles. The molecule has 1 heterocycles. The van der Waals surface area contributed by atoms with Gasteiger partial charge in [-0.05, 0) is 49.4 Å². The first-order valence-corrected chi connectivity index (χ1v) is 7.57. The highest BCUT2D eigenvalue weighted by Crippen LogP contribution is 2.37. The third kappa shape index (κ3) is 3.06. The average Bonchev–Trinajstić information content (AvgIpc) is 2.89. The maximum absolute atomic E-state index is 12.6. The molecule has 0 fully saturated rings. The first-order valence-electron chi connectivity index (χ1n) is 6.76. The predicted octanol–water partition coefficient (Wildman–Crippen LogP) is 5.52. The lowest BCUT2D eigenvalue weighted by molar-refractivity contribution is -0.137. The van der Waals surface area contributed by atoms with Crippen LogP contribution in [0.15, 0.2) is 52.3 Å². The van der Waals surface area contributed by atoms with Crippen molar-refractivity contribution in [3.05, 3.63) is 59.3 Å². The van der Waals surface area contributed by atoms with Gasteiger partial charge in [0.25, 0.3) is 0 Å². The number of rotatable bonds is 2. The number of aromatic amines is 1. The van der Waals surface area contributed by atoms with Crippen LogP contribution in [0.1, 0.15) is 16.8 Å². The van der Waals surface area contributed by atoms with Crippen LogP contribution in [0, 0.1) is 18.3 Å². The molecular formula is C17H11F3N2S.